The summed E-state index contributed by atoms with van der Waals surface area (Å²) in [6.07, 6.45) is 2.46. The van der Waals surface area contributed by atoms with Gasteiger partial charge in [-0.3, -0.25) is 4.79 Å². The molecule has 0 aromatic heterocycles. The second-order valence-electron chi connectivity index (χ2n) is 5.19. The Morgan fingerprint density at radius 3 is 2.86 bits per heavy atom. The quantitative estimate of drug-likeness (QED) is 0.759. The molecule has 1 saturated heterocycles. The van der Waals surface area contributed by atoms with Crippen molar-refractivity contribution in [1.82, 2.24) is 10.6 Å². The zero-order valence-electron chi connectivity index (χ0n) is 12.7. The summed E-state index contributed by atoms with van der Waals surface area (Å²) in [6.45, 7) is 2.70. The Balaban J connectivity index is 0.00000220. The van der Waals surface area contributed by atoms with Gasteiger partial charge in [-0.1, -0.05) is 17.7 Å². The van der Waals surface area contributed by atoms with Gasteiger partial charge >= 0.3 is 0 Å². The molecule has 1 fully saturated rings. The third-order valence-corrected chi connectivity index (χ3v) is 3.79. The second kappa shape index (κ2) is 10.9. The van der Waals surface area contributed by atoms with Gasteiger partial charge in [0.1, 0.15) is 0 Å². The van der Waals surface area contributed by atoms with Crippen molar-refractivity contribution in [2.75, 3.05) is 31.6 Å². The maximum Gasteiger partial charge on any atom is 0.220 e. The first-order chi connectivity index (χ1) is 9.69. The number of halogens is 3. The fourth-order valence-corrected chi connectivity index (χ4v) is 2.70. The van der Waals surface area contributed by atoms with Crippen LogP contribution in [-0.4, -0.2) is 38.6 Å². The third kappa shape index (κ3) is 6.61. The van der Waals surface area contributed by atoms with Crippen LogP contribution in [0, 0.1) is 0 Å². The predicted octanol–water partition coefficient (Wildman–Crippen LogP) is 2.88. The topological polar surface area (TPSA) is 44.4 Å². The van der Waals surface area contributed by atoms with Gasteiger partial charge in [-0.15, -0.1) is 24.8 Å². The minimum atomic E-state index is 0. The van der Waals surface area contributed by atoms with Crippen molar-refractivity contribution in [3.8, 4) is 0 Å². The van der Waals surface area contributed by atoms with Gasteiger partial charge in [0.05, 0.1) is 0 Å². The molecular weight excluding hydrogens is 345 g/mol. The van der Waals surface area contributed by atoms with Crippen LogP contribution in [0.2, 0.25) is 5.02 Å². The zero-order chi connectivity index (χ0) is 14.4. The zero-order valence-corrected chi connectivity index (χ0v) is 15.1. The van der Waals surface area contributed by atoms with Gasteiger partial charge in [0.25, 0.3) is 0 Å². The van der Waals surface area contributed by atoms with Crippen LogP contribution in [0.5, 0.6) is 0 Å². The molecule has 1 atom stereocenters. The average molecular weight is 369 g/mol. The number of amides is 1. The van der Waals surface area contributed by atoms with Gasteiger partial charge in [-0.05, 0) is 44.6 Å². The van der Waals surface area contributed by atoms with E-state index in [0.29, 0.717) is 6.42 Å². The first-order valence-corrected chi connectivity index (χ1v) is 7.51. The van der Waals surface area contributed by atoms with Gasteiger partial charge in [-0.2, -0.15) is 0 Å². The Morgan fingerprint density at radius 2 is 2.18 bits per heavy atom. The SMILES string of the molecule is CNCCCC(=O)NC1CCN(c2cccc(Cl)c2)C1.Cl.Cl. The number of nitrogens with one attached hydrogen (secondary N) is 2. The van der Waals surface area contributed by atoms with Crippen molar-refractivity contribution >= 4 is 48.0 Å². The third-order valence-electron chi connectivity index (χ3n) is 3.56. The summed E-state index contributed by atoms with van der Waals surface area (Å²) in [6, 6.07) is 8.11. The highest BCUT2D eigenvalue weighted by atomic mass is 35.5. The normalized spacial score (nSPS) is 16.6. The molecule has 0 spiro atoms. The highest BCUT2D eigenvalue weighted by molar-refractivity contribution is 6.30. The van der Waals surface area contributed by atoms with E-state index in [1.54, 1.807) is 0 Å². The highest BCUT2D eigenvalue weighted by Gasteiger charge is 2.23. The summed E-state index contributed by atoms with van der Waals surface area (Å²) >= 11 is 6.01. The maximum absolute atomic E-state index is 11.8. The van der Waals surface area contributed by atoms with E-state index < -0.39 is 0 Å². The molecule has 2 N–H and O–H groups in total. The molecule has 1 amide bonds. The summed E-state index contributed by atoms with van der Waals surface area (Å²) in [5, 5.41) is 6.91. The number of anilines is 1. The minimum absolute atomic E-state index is 0. The van der Waals surface area contributed by atoms with Crippen molar-refractivity contribution in [1.29, 1.82) is 0 Å². The summed E-state index contributed by atoms with van der Waals surface area (Å²) in [7, 11) is 1.90. The Kier molecular flexibility index (Phi) is 10.6. The monoisotopic (exact) mass is 367 g/mol. The van der Waals surface area contributed by atoms with Crippen molar-refractivity contribution in [2.24, 2.45) is 0 Å². The van der Waals surface area contributed by atoms with Crippen LogP contribution < -0.4 is 15.5 Å². The lowest BCUT2D eigenvalue weighted by atomic mass is 10.2. The molecule has 7 heteroatoms. The Morgan fingerprint density at radius 1 is 1.41 bits per heavy atom. The molecule has 126 valence electrons. The van der Waals surface area contributed by atoms with Gasteiger partial charge in [-0.25, -0.2) is 0 Å². The van der Waals surface area contributed by atoms with E-state index in [-0.39, 0.29) is 36.8 Å². The summed E-state index contributed by atoms with van der Waals surface area (Å²) in [5.41, 5.74) is 1.13. The summed E-state index contributed by atoms with van der Waals surface area (Å²) < 4.78 is 0. The molecule has 0 saturated carbocycles. The van der Waals surface area contributed by atoms with E-state index in [2.05, 4.69) is 21.6 Å². The molecule has 0 bridgehead atoms. The number of carbonyl (C=O) groups is 1. The van der Waals surface area contributed by atoms with Gasteiger partial charge in [0.15, 0.2) is 0 Å². The predicted molar refractivity (Wildman–Crippen MR) is 97.9 cm³/mol. The number of rotatable bonds is 6. The fraction of sp³-hybridized carbons (Fsp3) is 0.533. The Labute approximate surface area is 149 Å². The van der Waals surface area contributed by atoms with E-state index in [0.717, 1.165) is 43.2 Å². The molecule has 1 unspecified atom stereocenters. The van der Waals surface area contributed by atoms with Crippen LogP contribution >= 0.6 is 36.4 Å². The second-order valence-corrected chi connectivity index (χ2v) is 5.62. The molecule has 0 aliphatic carbocycles. The average Bonchev–Trinajstić information content (AvgIpc) is 2.87. The van der Waals surface area contributed by atoms with Gasteiger partial charge in [0.2, 0.25) is 5.91 Å². The van der Waals surface area contributed by atoms with E-state index >= 15 is 0 Å². The molecule has 4 nitrogen and oxygen atoms in total. The number of hydrogen-bond acceptors (Lipinski definition) is 3. The molecule has 0 radical (unpaired) electrons. The van der Waals surface area contributed by atoms with Crippen molar-refractivity contribution in [3.63, 3.8) is 0 Å². The van der Waals surface area contributed by atoms with E-state index in [9.17, 15) is 4.79 Å². The van der Waals surface area contributed by atoms with Crippen LogP contribution in [0.4, 0.5) is 5.69 Å². The lowest BCUT2D eigenvalue weighted by Gasteiger charge is -2.19. The molecule has 1 aromatic rings. The van der Waals surface area contributed by atoms with E-state index in [1.165, 1.54) is 0 Å². The molecule has 1 aliphatic rings. The number of benzene rings is 1. The minimum Gasteiger partial charge on any atom is -0.369 e. The summed E-state index contributed by atoms with van der Waals surface area (Å²) in [5.74, 6) is 0.151. The first-order valence-electron chi connectivity index (χ1n) is 7.13. The van der Waals surface area contributed by atoms with Crippen molar-refractivity contribution < 1.29 is 4.79 Å². The largest absolute Gasteiger partial charge is 0.369 e. The van der Waals surface area contributed by atoms with Crippen LogP contribution in [0.3, 0.4) is 0 Å². The highest BCUT2D eigenvalue weighted by Crippen LogP contribution is 2.23. The first kappa shape index (κ1) is 21.3. The fourth-order valence-electron chi connectivity index (χ4n) is 2.51. The number of nitrogens with zero attached hydrogens (tertiary/aromatic N) is 1. The molecular formula is C15H24Cl3N3O. The van der Waals surface area contributed by atoms with E-state index in [1.807, 2.05) is 25.2 Å². The number of carbonyl (C=O) groups excluding carboxylic acids is 1. The molecule has 1 aromatic carbocycles. The molecule has 1 aliphatic heterocycles. The Bertz CT molecular complexity index is 459. The maximum atomic E-state index is 11.8. The molecule has 1 heterocycles. The van der Waals surface area contributed by atoms with Crippen LogP contribution in [0.25, 0.3) is 0 Å². The lowest BCUT2D eigenvalue weighted by molar-refractivity contribution is -0.121. The van der Waals surface area contributed by atoms with Crippen LogP contribution in [0.15, 0.2) is 24.3 Å². The van der Waals surface area contributed by atoms with Gasteiger partial charge < -0.3 is 15.5 Å². The van der Waals surface area contributed by atoms with Crippen LogP contribution in [0.1, 0.15) is 19.3 Å². The standard InChI is InChI=1S/C15H22ClN3O.2ClH/c1-17-8-3-6-15(20)18-13-7-9-19(11-13)14-5-2-4-12(16)10-14;;/h2,4-5,10,13,17H,3,6-9,11H2,1H3,(H,18,20);2*1H. The van der Waals surface area contributed by atoms with Crippen LogP contribution in [-0.2, 0) is 4.79 Å². The smallest absolute Gasteiger partial charge is 0.220 e. The molecule has 2 rings (SSSR count). The summed E-state index contributed by atoms with van der Waals surface area (Å²) in [4.78, 5) is 14.1. The Hall–Kier alpha value is -0.680. The van der Waals surface area contributed by atoms with Crippen molar-refractivity contribution in [2.45, 2.75) is 25.3 Å². The number of hydrogen-bond donors (Lipinski definition) is 2. The molecule has 22 heavy (non-hydrogen) atoms. The van der Waals surface area contributed by atoms with E-state index in [4.69, 9.17) is 11.6 Å². The van der Waals surface area contributed by atoms with Gasteiger partial charge in [0, 0.05) is 36.3 Å². The van der Waals surface area contributed by atoms with Crippen molar-refractivity contribution in [3.05, 3.63) is 29.3 Å². The lowest BCUT2D eigenvalue weighted by Crippen LogP contribution is -2.37.